The van der Waals surface area contributed by atoms with Crippen molar-refractivity contribution in [1.29, 1.82) is 0 Å². The molecule has 2 aliphatic rings. The van der Waals surface area contributed by atoms with Crippen molar-refractivity contribution in [3.8, 4) is 0 Å². The van der Waals surface area contributed by atoms with Gasteiger partial charge in [0.1, 0.15) is 0 Å². The summed E-state index contributed by atoms with van der Waals surface area (Å²) < 4.78 is 0. The number of hydrogen-bond donors (Lipinski definition) is 1. The van der Waals surface area contributed by atoms with Crippen LogP contribution >= 0.6 is 0 Å². The molecule has 2 aliphatic heterocycles. The highest BCUT2D eigenvalue weighted by Crippen LogP contribution is 2.26. The average Bonchev–Trinajstić information content (AvgIpc) is 2.87. The van der Waals surface area contributed by atoms with Crippen molar-refractivity contribution < 1.29 is 14.4 Å². The second-order valence-electron chi connectivity index (χ2n) is 6.12. The monoisotopic (exact) mass is 316 g/mol. The van der Waals surface area contributed by atoms with Crippen molar-refractivity contribution in [3.63, 3.8) is 0 Å². The van der Waals surface area contributed by atoms with Crippen molar-refractivity contribution in [2.24, 2.45) is 5.92 Å². The summed E-state index contributed by atoms with van der Waals surface area (Å²) in [6.45, 7) is 3.34. The van der Waals surface area contributed by atoms with Crippen molar-refractivity contribution in [2.45, 2.75) is 19.4 Å². The molecule has 1 N–H and O–H groups in total. The standard InChI is InChI=1S/C16H20N4O3/c1-10-6-18-4-3-13(10)16(23)19-8-12(9-19)20-7-11(5-14(20)21)15(22)17-2/h3-4,6,11-12H,5,7-9H2,1-2H3,(H,17,22). The van der Waals surface area contributed by atoms with Crippen LogP contribution < -0.4 is 5.32 Å². The Balaban J connectivity index is 1.59. The van der Waals surface area contributed by atoms with Gasteiger partial charge in [-0.1, -0.05) is 0 Å². The number of nitrogens with zero attached hydrogens (tertiary/aromatic N) is 3. The SMILES string of the molecule is CNC(=O)C1CC(=O)N(C2CN(C(=O)c3ccncc3C)C2)C1. The van der Waals surface area contributed by atoms with E-state index in [2.05, 4.69) is 10.3 Å². The maximum atomic E-state index is 12.4. The number of aryl methyl sites for hydroxylation is 1. The summed E-state index contributed by atoms with van der Waals surface area (Å²) in [5.41, 5.74) is 1.49. The van der Waals surface area contributed by atoms with E-state index in [0.717, 1.165) is 5.56 Å². The van der Waals surface area contributed by atoms with Crippen LogP contribution in [-0.2, 0) is 9.59 Å². The van der Waals surface area contributed by atoms with Crippen LogP contribution in [0.4, 0.5) is 0 Å². The van der Waals surface area contributed by atoms with E-state index in [0.29, 0.717) is 25.2 Å². The molecule has 3 heterocycles. The molecule has 7 nitrogen and oxygen atoms in total. The molecular weight excluding hydrogens is 296 g/mol. The third-order valence-electron chi connectivity index (χ3n) is 4.62. The molecule has 1 atom stereocenters. The predicted octanol–water partition coefficient (Wildman–Crippen LogP) is -0.191. The minimum Gasteiger partial charge on any atom is -0.359 e. The van der Waals surface area contributed by atoms with Gasteiger partial charge in [-0.05, 0) is 18.6 Å². The first-order valence-corrected chi connectivity index (χ1v) is 7.72. The molecule has 0 radical (unpaired) electrons. The fourth-order valence-electron chi connectivity index (χ4n) is 3.17. The fraction of sp³-hybridized carbons (Fsp3) is 0.500. The molecule has 23 heavy (non-hydrogen) atoms. The highest BCUT2D eigenvalue weighted by Gasteiger charge is 2.43. The van der Waals surface area contributed by atoms with E-state index in [9.17, 15) is 14.4 Å². The lowest BCUT2D eigenvalue weighted by Crippen LogP contribution is -2.61. The maximum Gasteiger partial charge on any atom is 0.254 e. The van der Waals surface area contributed by atoms with E-state index in [1.165, 1.54) is 0 Å². The Bertz CT molecular complexity index is 654. The number of likely N-dealkylation sites (tertiary alicyclic amines) is 2. The van der Waals surface area contributed by atoms with Crippen LogP contribution in [0.2, 0.25) is 0 Å². The Kier molecular flexibility index (Phi) is 4.02. The molecule has 1 aromatic rings. The molecule has 7 heteroatoms. The summed E-state index contributed by atoms with van der Waals surface area (Å²) >= 11 is 0. The van der Waals surface area contributed by atoms with Gasteiger partial charge in [0.25, 0.3) is 5.91 Å². The van der Waals surface area contributed by atoms with Crippen LogP contribution in [0.5, 0.6) is 0 Å². The van der Waals surface area contributed by atoms with Crippen LogP contribution in [0.25, 0.3) is 0 Å². The molecule has 2 saturated heterocycles. The van der Waals surface area contributed by atoms with Crippen molar-refractivity contribution in [3.05, 3.63) is 29.6 Å². The van der Waals surface area contributed by atoms with Crippen molar-refractivity contribution in [2.75, 3.05) is 26.7 Å². The number of hydrogen-bond acceptors (Lipinski definition) is 4. The minimum absolute atomic E-state index is 0.00390. The van der Waals surface area contributed by atoms with Gasteiger partial charge >= 0.3 is 0 Å². The Labute approximate surface area is 134 Å². The summed E-state index contributed by atoms with van der Waals surface area (Å²) in [5, 5.41) is 2.59. The Morgan fingerprint density at radius 3 is 2.70 bits per heavy atom. The van der Waals surface area contributed by atoms with Crippen molar-refractivity contribution >= 4 is 17.7 Å². The smallest absolute Gasteiger partial charge is 0.254 e. The van der Waals surface area contributed by atoms with E-state index in [4.69, 9.17) is 0 Å². The molecular formula is C16H20N4O3. The zero-order chi connectivity index (χ0) is 16.6. The lowest BCUT2D eigenvalue weighted by molar-refractivity contribution is -0.132. The summed E-state index contributed by atoms with van der Waals surface area (Å²) in [6.07, 6.45) is 3.53. The lowest BCUT2D eigenvalue weighted by Gasteiger charge is -2.44. The highest BCUT2D eigenvalue weighted by atomic mass is 16.2. The number of amides is 3. The van der Waals surface area contributed by atoms with E-state index in [1.807, 2.05) is 6.92 Å². The van der Waals surface area contributed by atoms with Gasteiger partial charge in [0, 0.05) is 51.1 Å². The summed E-state index contributed by atoms with van der Waals surface area (Å²) in [6, 6.07) is 1.73. The third kappa shape index (κ3) is 2.78. The Morgan fingerprint density at radius 2 is 2.04 bits per heavy atom. The van der Waals surface area contributed by atoms with Gasteiger partial charge in [-0.2, -0.15) is 0 Å². The van der Waals surface area contributed by atoms with Gasteiger partial charge in [0.2, 0.25) is 11.8 Å². The molecule has 1 unspecified atom stereocenters. The number of rotatable bonds is 3. The minimum atomic E-state index is -0.278. The number of pyridine rings is 1. The molecule has 0 aromatic carbocycles. The molecule has 2 fully saturated rings. The van der Waals surface area contributed by atoms with Crippen LogP contribution in [0.1, 0.15) is 22.3 Å². The van der Waals surface area contributed by atoms with Crippen LogP contribution in [0, 0.1) is 12.8 Å². The zero-order valence-corrected chi connectivity index (χ0v) is 13.3. The second-order valence-corrected chi connectivity index (χ2v) is 6.12. The number of nitrogens with one attached hydrogen (secondary N) is 1. The van der Waals surface area contributed by atoms with Crippen molar-refractivity contribution in [1.82, 2.24) is 20.1 Å². The molecule has 0 spiro atoms. The number of carbonyl (C=O) groups is 3. The quantitative estimate of drug-likeness (QED) is 0.838. The van der Waals surface area contributed by atoms with Gasteiger partial charge < -0.3 is 15.1 Å². The third-order valence-corrected chi connectivity index (χ3v) is 4.62. The first-order chi connectivity index (χ1) is 11.0. The summed E-state index contributed by atoms with van der Waals surface area (Å²) in [5.74, 6) is -0.411. The van der Waals surface area contributed by atoms with Gasteiger partial charge in [-0.15, -0.1) is 0 Å². The molecule has 0 aliphatic carbocycles. The predicted molar refractivity (Wildman–Crippen MR) is 82.6 cm³/mol. The lowest BCUT2D eigenvalue weighted by atomic mass is 10.0. The topological polar surface area (TPSA) is 82.6 Å². The maximum absolute atomic E-state index is 12.4. The second kappa shape index (κ2) is 5.98. The van der Waals surface area contributed by atoms with Crippen LogP contribution in [0.15, 0.2) is 18.5 Å². The Hall–Kier alpha value is -2.44. The number of carbonyl (C=O) groups excluding carboxylic acids is 3. The molecule has 0 bridgehead atoms. The summed E-state index contributed by atoms with van der Waals surface area (Å²) in [7, 11) is 1.58. The molecule has 3 rings (SSSR count). The average molecular weight is 316 g/mol. The van der Waals surface area contributed by atoms with E-state index in [1.54, 1.807) is 35.3 Å². The first-order valence-electron chi connectivity index (χ1n) is 7.72. The fourth-order valence-corrected chi connectivity index (χ4v) is 3.17. The van der Waals surface area contributed by atoms with E-state index >= 15 is 0 Å². The van der Waals surface area contributed by atoms with Gasteiger partial charge in [0.05, 0.1) is 12.0 Å². The first kappa shape index (κ1) is 15.5. The van der Waals surface area contributed by atoms with Gasteiger partial charge in [0.15, 0.2) is 0 Å². The Morgan fingerprint density at radius 1 is 1.30 bits per heavy atom. The molecule has 1 aromatic heterocycles. The van der Waals surface area contributed by atoms with Crippen LogP contribution in [0.3, 0.4) is 0 Å². The van der Waals surface area contributed by atoms with E-state index in [-0.39, 0.29) is 36.1 Å². The van der Waals surface area contributed by atoms with Gasteiger partial charge in [-0.25, -0.2) is 0 Å². The molecule has 3 amide bonds. The molecule has 0 saturated carbocycles. The summed E-state index contributed by atoms with van der Waals surface area (Å²) in [4.78, 5) is 43.6. The van der Waals surface area contributed by atoms with Crippen LogP contribution in [-0.4, -0.2) is 65.2 Å². The van der Waals surface area contributed by atoms with Gasteiger partial charge in [-0.3, -0.25) is 19.4 Å². The highest BCUT2D eigenvalue weighted by molar-refractivity contribution is 5.96. The normalized spacial score (nSPS) is 21.3. The zero-order valence-electron chi connectivity index (χ0n) is 13.3. The molecule has 122 valence electrons. The number of aromatic nitrogens is 1. The van der Waals surface area contributed by atoms with E-state index < -0.39 is 0 Å². The largest absolute Gasteiger partial charge is 0.359 e.